The highest BCUT2D eigenvalue weighted by molar-refractivity contribution is 5.99. The van der Waals surface area contributed by atoms with Crippen molar-refractivity contribution in [3.63, 3.8) is 0 Å². The summed E-state index contributed by atoms with van der Waals surface area (Å²) >= 11 is 0. The summed E-state index contributed by atoms with van der Waals surface area (Å²) in [7, 11) is 1.78. The van der Waals surface area contributed by atoms with Crippen LogP contribution in [0.3, 0.4) is 0 Å². The van der Waals surface area contributed by atoms with Crippen LogP contribution in [0.15, 0.2) is 6.33 Å². The van der Waals surface area contributed by atoms with Crippen molar-refractivity contribution in [2.75, 3.05) is 0 Å². The zero-order valence-electron chi connectivity index (χ0n) is 13.1. The second kappa shape index (κ2) is 5.83. The van der Waals surface area contributed by atoms with Crippen molar-refractivity contribution in [2.24, 2.45) is 7.05 Å². The molecule has 1 aliphatic rings. The van der Waals surface area contributed by atoms with Crippen LogP contribution in [0.5, 0.6) is 0 Å². The van der Waals surface area contributed by atoms with E-state index in [1.165, 1.54) is 6.33 Å². The summed E-state index contributed by atoms with van der Waals surface area (Å²) in [5.41, 5.74) is -0.790. The SMILES string of the molecule is CCC1C(=O)NC(CC)(CC)C(=O)N1Cc1ncnn1C. The third kappa shape index (κ3) is 2.52. The van der Waals surface area contributed by atoms with Crippen LogP contribution in [0.2, 0.25) is 0 Å². The molecule has 1 unspecified atom stereocenters. The smallest absolute Gasteiger partial charge is 0.249 e. The number of carbonyl (C=O) groups is 2. The molecule has 1 N–H and O–H groups in total. The van der Waals surface area contributed by atoms with Gasteiger partial charge in [-0.05, 0) is 19.3 Å². The van der Waals surface area contributed by atoms with Gasteiger partial charge in [-0.25, -0.2) is 4.98 Å². The molecule has 1 fully saturated rings. The molecule has 1 aromatic heterocycles. The monoisotopic (exact) mass is 293 g/mol. The van der Waals surface area contributed by atoms with Crippen molar-refractivity contribution in [3.05, 3.63) is 12.2 Å². The van der Waals surface area contributed by atoms with Gasteiger partial charge in [-0.15, -0.1) is 0 Å². The van der Waals surface area contributed by atoms with Gasteiger partial charge in [0.25, 0.3) is 0 Å². The van der Waals surface area contributed by atoms with E-state index in [1.54, 1.807) is 16.6 Å². The number of aryl methyl sites for hydroxylation is 1. The topological polar surface area (TPSA) is 80.1 Å². The van der Waals surface area contributed by atoms with Crippen molar-refractivity contribution < 1.29 is 9.59 Å². The number of hydrogen-bond donors (Lipinski definition) is 1. The average molecular weight is 293 g/mol. The van der Waals surface area contributed by atoms with Crippen molar-refractivity contribution >= 4 is 11.8 Å². The third-order valence-corrected chi connectivity index (χ3v) is 4.42. The van der Waals surface area contributed by atoms with Gasteiger partial charge in [-0.3, -0.25) is 14.3 Å². The first-order valence-corrected chi connectivity index (χ1v) is 7.45. The Morgan fingerprint density at radius 1 is 1.29 bits per heavy atom. The van der Waals surface area contributed by atoms with Gasteiger partial charge in [0, 0.05) is 7.05 Å². The van der Waals surface area contributed by atoms with Gasteiger partial charge in [-0.2, -0.15) is 5.10 Å². The number of nitrogens with one attached hydrogen (secondary N) is 1. The Morgan fingerprint density at radius 3 is 2.43 bits per heavy atom. The quantitative estimate of drug-likeness (QED) is 0.862. The van der Waals surface area contributed by atoms with E-state index in [1.807, 2.05) is 20.8 Å². The summed E-state index contributed by atoms with van der Waals surface area (Å²) in [5.74, 6) is 0.572. The molecule has 1 saturated heterocycles. The highest BCUT2D eigenvalue weighted by Crippen LogP contribution is 2.27. The maximum atomic E-state index is 12.9. The van der Waals surface area contributed by atoms with Crippen LogP contribution in [0.25, 0.3) is 0 Å². The van der Waals surface area contributed by atoms with Gasteiger partial charge < -0.3 is 10.2 Å². The number of aromatic nitrogens is 3. The molecular weight excluding hydrogens is 270 g/mol. The molecule has 2 amide bonds. The molecule has 1 atom stereocenters. The first-order valence-electron chi connectivity index (χ1n) is 7.45. The van der Waals surface area contributed by atoms with Crippen LogP contribution < -0.4 is 5.32 Å². The predicted molar refractivity (Wildman–Crippen MR) is 77.1 cm³/mol. The zero-order chi connectivity index (χ0) is 15.6. The number of hydrogen-bond acceptors (Lipinski definition) is 4. The summed E-state index contributed by atoms with van der Waals surface area (Å²) < 4.78 is 1.63. The lowest BCUT2D eigenvalue weighted by Crippen LogP contribution is -2.69. The molecule has 0 radical (unpaired) electrons. The number of carbonyl (C=O) groups excluding carboxylic acids is 2. The molecule has 0 aromatic carbocycles. The van der Waals surface area contributed by atoms with E-state index in [9.17, 15) is 9.59 Å². The molecule has 1 aliphatic heterocycles. The Hall–Kier alpha value is -1.92. The van der Waals surface area contributed by atoms with Crippen molar-refractivity contribution in [3.8, 4) is 0 Å². The average Bonchev–Trinajstić information content (AvgIpc) is 2.88. The number of rotatable bonds is 5. The van der Waals surface area contributed by atoms with Crippen LogP contribution in [0.1, 0.15) is 45.9 Å². The van der Waals surface area contributed by atoms with Gasteiger partial charge in [-0.1, -0.05) is 20.8 Å². The summed E-state index contributed by atoms with van der Waals surface area (Å²) in [6.07, 6.45) is 3.20. The highest BCUT2D eigenvalue weighted by Gasteiger charge is 2.48. The summed E-state index contributed by atoms with van der Waals surface area (Å²) in [5, 5.41) is 6.95. The van der Waals surface area contributed by atoms with Crippen LogP contribution in [0.4, 0.5) is 0 Å². The molecule has 116 valence electrons. The molecule has 7 nitrogen and oxygen atoms in total. The number of piperazine rings is 1. The Kier molecular flexibility index (Phi) is 4.29. The highest BCUT2D eigenvalue weighted by atomic mass is 16.2. The molecule has 2 rings (SSSR count). The number of amides is 2. The molecular formula is C14H23N5O2. The van der Waals surface area contributed by atoms with Crippen molar-refractivity contribution in [1.82, 2.24) is 25.0 Å². The van der Waals surface area contributed by atoms with E-state index in [0.29, 0.717) is 31.6 Å². The minimum Gasteiger partial charge on any atom is -0.340 e. The van der Waals surface area contributed by atoms with E-state index in [-0.39, 0.29) is 11.8 Å². The first-order chi connectivity index (χ1) is 9.99. The first kappa shape index (κ1) is 15.5. The number of nitrogens with zero attached hydrogens (tertiary/aromatic N) is 4. The second-order valence-corrected chi connectivity index (χ2v) is 5.44. The van der Waals surface area contributed by atoms with Gasteiger partial charge in [0.2, 0.25) is 11.8 Å². The summed E-state index contributed by atoms with van der Waals surface area (Å²) in [6, 6.07) is -0.444. The largest absolute Gasteiger partial charge is 0.340 e. The maximum Gasteiger partial charge on any atom is 0.249 e. The fourth-order valence-electron chi connectivity index (χ4n) is 2.86. The Balaban J connectivity index is 2.35. The molecule has 1 aromatic rings. The van der Waals surface area contributed by atoms with Gasteiger partial charge in [0.05, 0.1) is 6.54 Å². The zero-order valence-corrected chi connectivity index (χ0v) is 13.1. The molecule has 2 heterocycles. The van der Waals surface area contributed by atoms with Gasteiger partial charge in [0.1, 0.15) is 23.7 Å². The van der Waals surface area contributed by atoms with E-state index < -0.39 is 11.6 Å². The lowest BCUT2D eigenvalue weighted by Gasteiger charge is -2.45. The van der Waals surface area contributed by atoms with E-state index >= 15 is 0 Å². The molecule has 0 spiro atoms. The van der Waals surface area contributed by atoms with E-state index in [2.05, 4.69) is 15.4 Å². The van der Waals surface area contributed by atoms with Crippen molar-refractivity contribution in [1.29, 1.82) is 0 Å². The van der Waals surface area contributed by atoms with E-state index in [4.69, 9.17) is 0 Å². The molecule has 0 aliphatic carbocycles. The Labute approximate surface area is 124 Å². The van der Waals surface area contributed by atoms with Crippen LogP contribution in [0, 0.1) is 0 Å². The minimum absolute atomic E-state index is 0.0260. The fourth-order valence-corrected chi connectivity index (χ4v) is 2.86. The standard InChI is InChI=1S/C14H23N5O2/c1-5-10-12(20)17-14(6-2,7-3)13(21)19(10)8-11-15-9-16-18(11)4/h9-10H,5-8H2,1-4H3,(H,17,20). The van der Waals surface area contributed by atoms with Crippen LogP contribution in [-0.4, -0.2) is 43.1 Å². The molecule has 21 heavy (non-hydrogen) atoms. The van der Waals surface area contributed by atoms with Crippen LogP contribution in [-0.2, 0) is 23.2 Å². The lowest BCUT2D eigenvalue weighted by atomic mass is 9.86. The summed E-state index contributed by atoms with van der Waals surface area (Å²) in [4.78, 5) is 31.1. The minimum atomic E-state index is -0.790. The maximum absolute atomic E-state index is 12.9. The Bertz CT molecular complexity index is 535. The Morgan fingerprint density at radius 2 is 1.95 bits per heavy atom. The third-order valence-electron chi connectivity index (χ3n) is 4.42. The fraction of sp³-hybridized carbons (Fsp3) is 0.714. The predicted octanol–water partition coefficient (Wildman–Crippen LogP) is 0.611. The van der Waals surface area contributed by atoms with Crippen LogP contribution >= 0.6 is 0 Å². The van der Waals surface area contributed by atoms with E-state index in [0.717, 1.165) is 0 Å². The molecule has 0 saturated carbocycles. The lowest BCUT2D eigenvalue weighted by molar-refractivity contribution is -0.156. The molecule has 0 bridgehead atoms. The van der Waals surface area contributed by atoms with Gasteiger partial charge >= 0.3 is 0 Å². The van der Waals surface area contributed by atoms with Gasteiger partial charge in [0.15, 0.2) is 0 Å². The molecule has 7 heteroatoms. The summed E-state index contributed by atoms with van der Waals surface area (Å²) in [6.45, 7) is 6.07. The normalized spacial score (nSPS) is 21.5. The van der Waals surface area contributed by atoms with Crippen molar-refractivity contribution in [2.45, 2.75) is 58.2 Å². The second-order valence-electron chi connectivity index (χ2n) is 5.44.